The van der Waals surface area contributed by atoms with Crippen LogP contribution < -0.4 is 4.90 Å². The van der Waals surface area contributed by atoms with Crippen LogP contribution in [0.15, 0.2) is 36.4 Å². The number of hydrogen-bond acceptors (Lipinski definition) is 6. The third kappa shape index (κ3) is 5.72. The van der Waals surface area contributed by atoms with E-state index in [1.165, 1.54) is 0 Å². The summed E-state index contributed by atoms with van der Waals surface area (Å²) in [5.74, 6) is 0.00176. The molecule has 0 radical (unpaired) electrons. The Hall–Kier alpha value is -3.04. The number of fused-ring (bicyclic) bond motifs is 1. The van der Waals surface area contributed by atoms with Gasteiger partial charge in [-0.3, -0.25) is 9.69 Å². The average molecular weight is 588 g/mol. The standard InChI is InChI=1S/C29H36Cl2N6O3/c1-18-17-34(13-14-35(18)27(38)25-7-6-12-36(25)28(39)40-29(3,4)5)21-9-11-24-26(16-21)37(33-32-24)19(2)22-10-8-20(30)15-23(22)31/h8-11,15-16,18-19,25H,6-7,12-14,17H2,1-5H3/t18?,19-,25?/m1/s1. The van der Waals surface area contributed by atoms with Crippen LogP contribution in [0.1, 0.15) is 59.1 Å². The Bertz CT molecular complexity index is 1420. The third-order valence-corrected chi connectivity index (χ3v) is 8.24. The normalized spacial score (nSPS) is 20.7. The van der Waals surface area contributed by atoms with Crippen molar-refractivity contribution in [2.75, 3.05) is 31.1 Å². The molecule has 5 rings (SSSR count). The Morgan fingerprint density at radius 3 is 2.52 bits per heavy atom. The predicted molar refractivity (Wildman–Crippen MR) is 157 cm³/mol. The molecule has 3 heterocycles. The first-order chi connectivity index (χ1) is 18.9. The molecule has 0 aliphatic carbocycles. The predicted octanol–water partition coefficient (Wildman–Crippen LogP) is 5.78. The highest BCUT2D eigenvalue weighted by Crippen LogP contribution is 2.32. The molecular formula is C29H36Cl2N6O3. The van der Waals surface area contributed by atoms with Gasteiger partial charge < -0.3 is 14.5 Å². The Labute approximate surface area is 244 Å². The number of aromatic nitrogens is 3. The summed E-state index contributed by atoms with van der Waals surface area (Å²) in [5.41, 5.74) is 3.06. The summed E-state index contributed by atoms with van der Waals surface area (Å²) in [7, 11) is 0. The first kappa shape index (κ1) is 28.5. The van der Waals surface area contributed by atoms with E-state index in [0.29, 0.717) is 42.6 Å². The second-order valence-corrected chi connectivity index (χ2v) is 12.6. The summed E-state index contributed by atoms with van der Waals surface area (Å²) in [5, 5.41) is 9.96. The number of carbonyl (C=O) groups excluding carboxylic acids is 2. The van der Waals surface area contributed by atoms with Gasteiger partial charge in [0.15, 0.2) is 0 Å². The van der Waals surface area contributed by atoms with Crippen molar-refractivity contribution in [2.45, 2.75) is 71.2 Å². The largest absolute Gasteiger partial charge is 0.444 e. The number of benzene rings is 2. The second kappa shape index (κ2) is 11.1. The van der Waals surface area contributed by atoms with Crippen LogP contribution in [-0.2, 0) is 9.53 Å². The molecule has 2 aliphatic heterocycles. The van der Waals surface area contributed by atoms with Gasteiger partial charge in [0.2, 0.25) is 5.91 Å². The van der Waals surface area contributed by atoms with E-state index in [4.69, 9.17) is 27.9 Å². The zero-order valence-electron chi connectivity index (χ0n) is 23.6. The Morgan fingerprint density at radius 2 is 1.82 bits per heavy atom. The zero-order chi connectivity index (χ0) is 28.8. The fraction of sp³-hybridized carbons (Fsp3) is 0.517. The van der Waals surface area contributed by atoms with Crippen molar-refractivity contribution >= 4 is 51.9 Å². The molecule has 0 bridgehead atoms. The molecule has 9 nitrogen and oxygen atoms in total. The van der Waals surface area contributed by atoms with Crippen molar-refractivity contribution in [3.8, 4) is 0 Å². The number of hydrogen-bond donors (Lipinski definition) is 0. The highest BCUT2D eigenvalue weighted by atomic mass is 35.5. The number of piperazine rings is 1. The first-order valence-corrected chi connectivity index (χ1v) is 14.5. The zero-order valence-corrected chi connectivity index (χ0v) is 25.1. The fourth-order valence-corrected chi connectivity index (χ4v) is 6.22. The fourth-order valence-electron chi connectivity index (χ4n) is 5.65. The molecule has 2 aromatic carbocycles. The Balaban J connectivity index is 1.30. The van der Waals surface area contributed by atoms with Crippen molar-refractivity contribution in [1.82, 2.24) is 24.8 Å². The van der Waals surface area contributed by atoms with Gasteiger partial charge in [-0.2, -0.15) is 0 Å². The molecule has 2 fully saturated rings. The number of anilines is 1. The van der Waals surface area contributed by atoms with Gasteiger partial charge in [0.05, 0.1) is 11.6 Å². The quantitative estimate of drug-likeness (QED) is 0.385. The monoisotopic (exact) mass is 586 g/mol. The molecule has 1 aromatic heterocycles. The van der Waals surface area contributed by atoms with E-state index in [0.717, 1.165) is 28.7 Å². The van der Waals surface area contributed by atoms with Gasteiger partial charge in [-0.15, -0.1) is 5.10 Å². The number of amides is 2. The van der Waals surface area contributed by atoms with Crippen LogP contribution in [-0.4, -0.2) is 80.7 Å². The van der Waals surface area contributed by atoms with Gasteiger partial charge in [-0.1, -0.05) is 34.5 Å². The van der Waals surface area contributed by atoms with E-state index in [1.54, 1.807) is 11.0 Å². The summed E-state index contributed by atoms with van der Waals surface area (Å²) in [6, 6.07) is 11.0. The van der Waals surface area contributed by atoms with E-state index in [-0.39, 0.29) is 18.0 Å². The molecule has 0 N–H and O–H groups in total. The number of halogens is 2. The maximum absolute atomic E-state index is 13.6. The van der Waals surface area contributed by atoms with Crippen LogP contribution in [0.3, 0.4) is 0 Å². The van der Waals surface area contributed by atoms with Gasteiger partial charge in [-0.05, 0) is 83.4 Å². The van der Waals surface area contributed by atoms with Crippen molar-refractivity contribution in [3.05, 3.63) is 52.0 Å². The minimum absolute atomic E-state index is 0.00176. The minimum Gasteiger partial charge on any atom is -0.444 e. The van der Waals surface area contributed by atoms with Gasteiger partial charge in [0.1, 0.15) is 17.2 Å². The number of likely N-dealkylation sites (tertiary alicyclic amines) is 1. The molecule has 2 unspecified atom stereocenters. The number of rotatable bonds is 4. The first-order valence-electron chi connectivity index (χ1n) is 13.8. The topological polar surface area (TPSA) is 83.8 Å². The lowest BCUT2D eigenvalue weighted by Gasteiger charge is -2.42. The van der Waals surface area contributed by atoms with Crippen LogP contribution in [0.5, 0.6) is 0 Å². The van der Waals surface area contributed by atoms with Gasteiger partial charge >= 0.3 is 6.09 Å². The lowest BCUT2D eigenvalue weighted by molar-refractivity contribution is -0.138. The van der Waals surface area contributed by atoms with Gasteiger partial charge in [0, 0.05) is 48.0 Å². The number of ether oxygens (including phenoxy) is 1. The van der Waals surface area contributed by atoms with E-state index in [9.17, 15) is 9.59 Å². The molecule has 0 saturated carbocycles. The van der Waals surface area contributed by atoms with E-state index >= 15 is 0 Å². The van der Waals surface area contributed by atoms with Crippen molar-refractivity contribution < 1.29 is 14.3 Å². The second-order valence-electron chi connectivity index (χ2n) is 11.7. The molecular weight excluding hydrogens is 551 g/mol. The van der Waals surface area contributed by atoms with E-state index in [1.807, 2.05) is 61.5 Å². The van der Waals surface area contributed by atoms with Gasteiger partial charge in [0.25, 0.3) is 0 Å². The van der Waals surface area contributed by atoms with Gasteiger partial charge in [-0.25, -0.2) is 9.48 Å². The average Bonchev–Trinajstić information content (AvgIpc) is 3.54. The molecule has 0 spiro atoms. The summed E-state index contributed by atoms with van der Waals surface area (Å²) in [6.07, 6.45) is 1.04. The molecule has 3 aromatic rings. The Kier molecular flexibility index (Phi) is 7.90. The van der Waals surface area contributed by atoms with E-state index in [2.05, 4.69) is 28.2 Å². The van der Waals surface area contributed by atoms with Crippen molar-refractivity contribution in [3.63, 3.8) is 0 Å². The maximum Gasteiger partial charge on any atom is 0.410 e. The smallest absolute Gasteiger partial charge is 0.410 e. The maximum atomic E-state index is 13.6. The summed E-state index contributed by atoms with van der Waals surface area (Å²) < 4.78 is 7.45. The molecule has 40 heavy (non-hydrogen) atoms. The molecule has 2 saturated heterocycles. The molecule has 11 heteroatoms. The molecule has 214 valence electrons. The summed E-state index contributed by atoms with van der Waals surface area (Å²) >= 11 is 12.6. The Morgan fingerprint density at radius 1 is 1.05 bits per heavy atom. The molecule has 2 amide bonds. The minimum atomic E-state index is -0.600. The highest BCUT2D eigenvalue weighted by Gasteiger charge is 2.41. The third-order valence-electron chi connectivity index (χ3n) is 7.68. The summed E-state index contributed by atoms with van der Waals surface area (Å²) in [6.45, 7) is 12.1. The van der Waals surface area contributed by atoms with Crippen LogP contribution in [0.2, 0.25) is 10.0 Å². The van der Waals surface area contributed by atoms with Crippen molar-refractivity contribution in [1.29, 1.82) is 0 Å². The van der Waals surface area contributed by atoms with Crippen LogP contribution >= 0.6 is 23.2 Å². The van der Waals surface area contributed by atoms with Crippen LogP contribution in [0, 0.1) is 0 Å². The number of carbonyl (C=O) groups is 2. The molecule has 3 atom stereocenters. The van der Waals surface area contributed by atoms with Crippen LogP contribution in [0.4, 0.5) is 10.5 Å². The molecule has 2 aliphatic rings. The van der Waals surface area contributed by atoms with E-state index < -0.39 is 17.7 Å². The SMILES string of the molecule is CC1CN(c2ccc3nnn([C@H](C)c4ccc(Cl)cc4Cl)c3c2)CCN1C(=O)C1CCCN1C(=O)OC(C)(C)C. The lowest BCUT2D eigenvalue weighted by Crippen LogP contribution is -2.58. The number of nitrogens with zero attached hydrogens (tertiary/aromatic N) is 6. The van der Waals surface area contributed by atoms with Crippen LogP contribution in [0.25, 0.3) is 11.0 Å². The summed E-state index contributed by atoms with van der Waals surface area (Å²) in [4.78, 5) is 32.2. The lowest BCUT2D eigenvalue weighted by atomic mass is 10.1. The highest BCUT2D eigenvalue weighted by molar-refractivity contribution is 6.35. The van der Waals surface area contributed by atoms with Crippen molar-refractivity contribution in [2.24, 2.45) is 0 Å².